The maximum Gasteiger partial charge on any atom is 0.335 e. The summed E-state index contributed by atoms with van der Waals surface area (Å²) in [5, 5.41) is 2.82. The number of nitrogens with zero attached hydrogens (tertiary/aromatic N) is 1. The van der Waals surface area contributed by atoms with Gasteiger partial charge in [0.15, 0.2) is 5.09 Å². The normalized spacial score (nSPS) is 15.6. The van der Waals surface area contributed by atoms with Crippen molar-refractivity contribution in [1.29, 1.82) is 0 Å². The van der Waals surface area contributed by atoms with E-state index in [1.807, 2.05) is 31.2 Å². The molecular formula is C22H15BrN2O4S. The van der Waals surface area contributed by atoms with Gasteiger partial charge in [0.1, 0.15) is 11.3 Å². The van der Waals surface area contributed by atoms with Gasteiger partial charge in [-0.1, -0.05) is 51.5 Å². The lowest BCUT2D eigenvalue weighted by Crippen LogP contribution is -2.54. The number of benzene rings is 2. The van der Waals surface area contributed by atoms with Gasteiger partial charge in [0, 0.05) is 9.37 Å². The van der Waals surface area contributed by atoms with Crippen LogP contribution in [0.15, 0.2) is 85.1 Å². The van der Waals surface area contributed by atoms with Gasteiger partial charge in [-0.15, -0.1) is 0 Å². The van der Waals surface area contributed by atoms with Crippen molar-refractivity contribution in [3.8, 4) is 0 Å². The van der Waals surface area contributed by atoms with Gasteiger partial charge in [-0.25, -0.2) is 9.69 Å². The minimum absolute atomic E-state index is 0.184. The first-order valence-electron chi connectivity index (χ1n) is 8.92. The van der Waals surface area contributed by atoms with Crippen LogP contribution in [0.25, 0.3) is 6.08 Å². The highest BCUT2D eigenvalue weighted by Gasteiger charge is 2.37. The van der Waals surface area contributed by atoms with Crippen LogP contribution in [0.5, 0.6) is 0 Å². The number of aryl methyl sites for hydroxylation is 1. The molecule has 1 fully saturated rings. The first kappa shape index (κ1) is 20.2. The average molecular weight is 483 g/mol. The molecule has 1 N–H and O–H groups in total. The zero-order valence-electron chi connectivity index (χ0n) is 15.7. The average Bonchev–Trinajstić information content (AvgIpc) is 3.14. The molecule has 1 aromatic heterocycles. The van der Waals surface area contributed by atoms with Gasteiger partial charge in [-0.05, 0) is 55.5 Å². The molecule has 2 aromatic carbocycles. The molecule has 4 amide bonds. The number of imide groups is 2. The summed E-state index contributed by atoms with van der Waals surface area (Å²) in [5.41, 5.74) is 1.33. The number of anilines is 1. The number of hydrogen-bond donors (Lipinski definition) is 1. The summed E-state index contributed by atoms with van der Waals surface area (Å²) in [6.07, 6.45) is 1.34. The Bertz CT molecular complexity index is 1180. The number of urea groups is 1. The molecule has 150 valence electrons. The fourth-order valence-corrected chi connectivity index (χ4v) is 4.00. The largest absolute Gasteiger partial charge is 0.450 e. The zero-order valence-corrected chi connectivity index (χ0v) is 18.1. The van der Waals surface area contributed by atoms with E-state index in [1.54, 1.807) is 36.4 Å². The van der Waals surface area contributed by atoms with Crippen molar-refractivity contribution in [3.05, 3.63) is 82.0 Å². The maximum absolute atomic E-state index is 12.9. The maximum atomic E-state index is 12.9. The highest BCUT2D eigenvalue weighted by atomic mass is 79.9. The lowest BCUT2D eigenvalue weighted by atomic mass is 10.1. The Morgan fingerprint density at radius 3 is 2.53 bits per heavy atom. The van der Waals surface area contributed by atoms with Gasteiger partial charge in [-0.2, -0.15) is 0 Å². The molecule has 1 saturated heterocycles. The molecule has 6 nitrogen and oxygen atoms in total. The smallest absolute Gasteiger partial charge is 0.335 e. The number of carbonyl (C=O) groups is 3. The predicted molar refractivity (Wildman–Crippen MR) is 117 cm³/mol. The van der Waals surface area contributed by atoms with E-state index in [0.29, 0.717) is 21.0 Å². The van der Waals surface area contributed by atoms with Gasteiger partial charge >= 0.3 is 6.03 Å². The van der Waals surface area contributed by atoms with Crippen LogP contribution in [-0.2, 0) is 9.59 Å². The minimum Gasteiger partial charge on any atom is -0.450 e. The third-order valence-corrected chi connectivity index (χ3v) is 5.72. The minimum atomic E-state index is -0.796. The molecular weight excluding hydrogens is 468 g/mol. The van der Waals surface area contributed by atoms with Crippen LogP contribution >= 0.6 is 27.7 Å². The van der Waals surface area contributed by atoms with E-state index in [2.05, 4.69) is 21.2 Å². The van der Waals surface area contributed by atoms with E-state index in [-0.39, 0.29) is 5.57 Å². The van der Waals surface area contributed by atoms with E-state index in [4.69, 9.17) is 4.42 Å². The Balaban J connectivity index is 1.60. The van der Waals surface area contributed by atoms with Gasteiger partial charge in [0.05, 0.1) is 5.69 Å². The monoisotopic (exact) mass is 482 g/mol. The van der Waals surface area contributed by atoms with E-state index in [9.17, 15) is 14.4 Å². The Morgan fingerprint density at radius 1 is 1.03 bits per heavy atom. The van der Waals surface area contributed by atoms with Crippen molar-refractivity contribution in [2.24, 2.45) is 0 Å². The van der Waals surface area contributed by atoms with E-state index >= 15 is 0 Å². The molecule has 3 aromatic rings. The second-order valence-electron chi connectivity index (χ2n) is 6.51. The summed E-state index contributed by atoms with van der Waals surface area (Å²) in [6.45, 7) is 2.01. The summed E-state index contributed by atoms with van der Waals surface area (Å²) >= 11 is 4.74. The summed E-state index contributed by atoms with van der Waals surface area (Å²) in [5.74, 6) is -1.14. The number of halogens is 1. The molecule has 1 aliphatic heterocycles. The van der Waals surface area contributed by atoms with Gasteiger partial charge in [-0.3, -0.25) is 14.9 Å². The van der Waals surface area contributed by atoms with Crippen molar-refractivity contribution in [2.45, 2.75) is 16.9 Å². The summed E-state index contributed by atoms with van der Waals surface area (Å²) < 4.78 is 6.45. The van der Waals surface area contributed by atoms with E-state index < -0.39 is 17.8 Å². The third kappa shape index (κ3) is 4.24. The van der Waals surface area contributed by atoms with Crippen molar-refractivity contribution >= 4 is 57.3 Å². The molecule has 2 heterocycles. The van der Waals surface area contributed by atoms with Crippen molar-refractivity contribution in [1.82, 2.24) is 5.32 Å². The SMILES string of the molecule is Cc1ccc(Sc2ccc(/C=C3\C(=O)NC(=O)N(c4cccc(Br)c4)C3=O)o2)cc1. The first-order chi connectivity index (χ1) is 14.4. The molecule has 0 bridgehead atoms. The lowest BCUT2D eigenvalue weighted by Gasteiger charge is -2.26. The molecule has 0 saturated carbocycles. The van der Waals surface area contributed by atoms with Gasteiger partial charge in [0.2, 0.25) is 0 Å². The van der Waals surface area contributed by atoms with Crippen LogP contribution in [0, 0.1) is 6.92 Å². The van der Waals surface area contributed by atoms with Crippen molar-refractivity contribution in [2.75, 3.05) is 4.90 Å². The topological polar surface area (TPSA) is 79.6 Å². The number of amides is 4. The molecule has 0 spiro atoms. The van der Waals surface area contributed by atoms with Gasteiger partial charge in [0.25, 0.3) is 11.8 Å². The quantitative estimate of drug-likeness (QED) is 0.409. The van der Waals surface area contributed by atoms with Crippen LogP contribution in [0.2, 0.25) is 0 Å². The van der Waals surface area contributed by atoms with Crippen LogP contribution in [0.1, 0.15) is 11.3 Å². The molecule has 4 rings (SSSR count). The van der Waals surface area contributed by atoms with E-state index in [1.165, 1.54) is 17.8 Å². The lowest BCUT2D eigenvalue weighted by molar-refractivity contribution is -0.122. The van der Waals surface area contributed by atoms with Crippen LogP contribution in [0.3, 0.4) is 0 Å². The zero-order chi connectivity index (χ0) is 21.3. The molecule has 1 aliphatic rings. The van der Waals surface area contributed by atoms with Crippen molar-refractivity contribution < 1.29 is 18.8 Å². The number of hydrogen-bond acceptors (Lipinski definition) is 5. The molecule has 8 heteroatoms. The Kier molecular flexibility index (Phi) is 5.61. The molecule has 0 aliphatic carbocycles. The van der Waals surface area contributed by atoms with Crippen LogP contribution in [0.4, 0.5) is 10.5 Å². The Morgan fingerprint density at radius 2 is 1.80 bits per heavy atom. The fourth-order valence-electron chi connectivity index (χ4n) is 2.84. The Labute approximate surface area is 185 Å². The van der Waals surface area contributed by atoms with E-state index in [0.717, 1.165) is 15.4 Å². The second-order valence-corrected chi connectivity index (χ2v) is 8.50. The summed E-state index contributed by atoms with van der Waals surface area (Å²) in [7, 11) is 0. The standard InChI is InChI=1S/C22H15BrN2O4S/c1-13-5-8-17(9-6-13)30-19-10-7-16(29-19)12-18-20(26)24-22(28)25(21(18)27)15-4-2-3-14(23)11-15/h2-12H,1H3,(H,24,26,28)/b18-12+. The fraction of sp³-hybridized carbons (Fsp3) is 0.0455. The molecule has 0 atom stereocenters. The summed E-state index contributed by atoms with van der Waals surface area (Å²) in [6, 6.07) is 17.3. The predicted octanol–water partition coefficient (Wildman–Crippen LogP) is 5.17. The van der Waals surface area contributed by atoms with Crippen LogP contribution in [-0.4, -0.2) is 17.8 Å². The molecule has 0 radical (unpaired) electrons. The number of rotatable bonds is 4. The van der Waals surface area contributed by atoms with Crippen LogP contribution < -0.4 is 10.2 Å². The summed E-state index contributed by atoms with van der Waals surface area (Å²) in [4.78, 5) is 39.4. The van der Waals surface area contributed by atoms with Gasteiger partial charge < -0.3 is 4.42 Å². The second kappa shape index (κ2) is 8.33. The first-order valence-corrected chi connectivity index (χ1v) is 10.5. The number of furan rings is 1. The number of barbiturate groups is 1. The molecule has 0 unspecified atom stereocenters. The number of nitrogens with one attached hydrogen (secondary N) is 1. The number of carbonyl (C=O) groups excluding carboxylic acids is 3. The van der Waals surface area contributed by atoms with Crippen molar-refractivity contribution in [3.63, 3.8) is 0 Å². The molecule has 30 heavy (non-hydrogen) atoms. The third-order valence-electron chi connectivity index (χ3n) is 4.30. The Hall–Kier alpha value is -3.10. The highest BCUT2D eigenvalue weighted by Crippen LogP contribution is 2.31. The highest BCUT2D eigenvalue weighted by molar-refractivity contribution is 9.10.